The second-order valence-electron chi connectivity index (χ2n) is 4.25. The Labute approximate surface area is 112 Å². The van der Waals surface area contributed by atoms with E-state index in [0.29, 0.717) is 16.5 Å². The standard InChI is InChI=1S/C13H9FN4O2/c14-10-4-8-2-1-3-15-12(8)9(5-10)6-18-7-11(13(19)20)16-17-18/h1-5,7H,6H2,(H,19,20). The third kappa shape index (κ3) is 2.20. The van der Waals surface area contributed by atoms with Gasteiger partial charge in [-0.15, -0.1) is 5.10 Å². The Balaban J connectivity index is 2.03. The molecule has 0 radical (unpaired) electrons. The molecular formula is C13H9FN4O2. The molecule has 0 atom stereocenters. The summed E-state index contributed by atoms with van der Waals surface area (Å²) in [5, 5.41) is 16.7. The maximum absolute atomic E-state index is 13.6. The van der Waals surface area contributed by atoms with E-state index >= 15 is 0 Å². The Morgan fingerprint density at radius 2 is 2.25 bits per heavy atom. The van der Waals surface area contributed by atoms with Crippen molar-refractivity contribution in [3.63, 3.8) is 0 Å². The molecule has 0 amide bonds. The zero-order valence-corrected chi connectivity index (χ0v) is 10.2. The molecule has 2 heterocycles. The molecule has 100 valence electrons. The van der Waals surface area contributed by atoms with Crippen molar-refractivity contribution in [2.75, 3.05) is 0 Å². The molecule has 7 heteroatoms. The number of aromatic nitrogens is 4. The lowest BCUT2D eigenvalue weighted by atomic mass is 10.1. The highest BCUT2D eigenvalue weighted by Crippen LogP contribution is 2.19. The van der Waals surface area contributed by atoms with Crippen LogP contribution in [0.4, 0.5) is 4.39 Å². The highest BCUT2D eigenvalue weighted by molar-refractivity contribution is 5.84. The highest BCUT2D eigenvalue weighted by Gasteiger charge is 2.11. The molecule has 0 saturated carbocycles. The van der Waals surface area contributed by atoms with Gasteiger partial charge >= 0.3 is 5.97 Å². The minimum atomic E-state index is -1.15. The quantitative estimate of drug-likeness (QED) is 0.785. The molecule has 0 aliphatic rings. The normalized spacial score (nSPS) is 10.8. The number of nitrogens with zero attached hydrogens (tertiary/aromatic N) is 4. The van der Waals surface area contributed by atoms with Gasteiger partial charge in [-0.25, -0.2) is 13.9 Å². The minimum Gasteiger partial charge on any atom is -0.476 e. The largest absolute Gasteiger partial charge is 0.476 e. The van der Waals surface area contributed by atoms with Crippen LogP contribution in [0.3, 0.4) is 0 Å². The smallest absolute Gasteiger partial charge is 0.358 e. The molecule has 3 aromatic rings. The van der Waals surface area contributed by atoms with E-state index in [4.69, 9.17) is 5.11 Å². The molecule has 0 aliphatic carbocycles. The lowest BCUT2D eigenvalue weighted by Crippen LogP contribution is -2.02. The molecule has 1 aromatic carbocycles. The van der Waals surface area contributed by atoms with Gasteiger partial charge in [0.25, 0.3) is 0 Å². The lowest BCUT2D eigenvalue weighted by Gasteiger charge is -2.05. The fourth-order valence-corrected chi connectivity index (χ4v) is 2.00. The fraction of sp³-hybridized carbons (Fsp3) is 0.0769. The molecule has 6 nitrogen and oxygen atoms in total. The van der Waals surface area contributed by atoms with Crippen molar-refractivity contribution >= 4 is 16.9 Å². The molecule has 0 bridgehead atoms. The van der Waals surface area contributed by atoms with E-state index in [2.05, 4.69) is 15.3 Å². The van der Waals surface area contributed by atoms with Gasteiger partial charge < -0.3 is 5.11 Å². The summed E-state index contributed by atoms with van der Waals surface area (Å²) >= 11 is 0. The number of benzene rings is 1. The van der Waals surface area contributed by atoms with Crippen LogP contribution in [0, 0.1) is 5.82 Å². The SMILES string of the molecule is O=C(O)c1cn(Cc2cc(F)cc3cccnc23)nn1. The summed E-state index contributed by atoms with van der Waals surface area (Å²) in [5.74, 6) is -1.53. The summed E-state index contributed by atoms with van der Waals surface area (Å²) in [6.07, 6.45) is 2.91. The van der Waals surface area contributed by atoms with E-state index in [1.807, 2.05) is 0 Å². The number of carboxylic acid groups (broad SMARTS) is 1. The second-order valence-corrected chi connectivity index (χ2v) is 4.25. The summed E-state index contributed by atoms with van der Waals surface area (Å²) in [6, 6.07) is 6.25. The monoisotopic (exact) mass is 272 g/mol. The van der Waals surface area contributed by atoms with Gasteiger partial charge in [0.2, 0.25) is 0 Å². The van der Waals surface area contributed by atoms with Crippen molar-refractivity contribution in [2.45, 2.75) is 6.54 Å². The number of hydrogen-bond acceptors (Lipinski definition) is 4. The Bertz CT molecular complexity index is 800. The van der Waals surface area contributed by atoms with Crippen molar-refractivity contribution in [2.24, 2.45) is 0 Å². The summed E-state index contributed by atoms with van der Waals surface area (Å²) < 4.78 is 14.9. The van der Waals surface area contributed by atoms with Gasteiger partial charge in [-0.1, -0.05) is 11.3 Å². The molecule has 1 N–H and O–H groups in total. The first kappa shape index (κ1) is 12.2. The third-order valence-corrected chi connectivity index (χ3v) is 2.84. The van der Waals surface area contributed by atoms with Gasteiger partial charge in [-0.05, 0) is 18.2 Å². The van der Waals surface area contributed by atoms with Crippen LogP contribution >= 0.6 is 0 Å². The van der Waals surface area contributed by atoms with Crippen LogP contribution < -0.4 is 0 Å². The minimum absolute atomic E-state index is 0.154. The molecule has 0 unspecified atom stereocenters. The molecular weight excluding hydrogens is 263 g/mol. The fourth-order valence-electron chi connectivity index (χ4n) is 2.00. The lowest BCUT2D eigenvalue weighted by molar-refractivity contribution is 0.0690. The summed E-state index contributed by atoms with van der Waals surface area (Å²) in [6.45, 7) is 0.200. The molecule has 2 aromatic heterocycles. The van der Waals surface area contributed by atoms with Crippen LogP contribution in [0.15, 0.2) is 36.7 Å². The van der Waals surface area contributed by atoms with Crippen molar-refractivity contribution < 1.29 is 14.3 Å². The number of fused-ring (bicyclic) bond motifs is 1. The van der Waals surface area contributed by atoms with E-state index in [-0.39, 0.29) is 18.1 Å². The second kappa shape index (κ2) is 4.69. The van der Waals surface area contributed by atoms with E-state index in [1.54, 1.807) is 18.3 Å². The van der Waals surface area contributed by atoms with Crippen molar-refractivity contribution in [3.8, 4) is 0 Å². The van der Waals surface area contributed by atoms with Gasteiger partial charge in [-0.3, -0.25) is 4.98 Å². The van der Waals surface area contributed by atoms with Crippen LogP contribution in [0.5, 0.6) is 0 Å². The van der Waals surface area contributed by atoms with Gasteiger partial charge in [0.1, 0.15) is 5.82 Å². The van der Waals surface area contributed by atoms with Gasteiger partial charge in [-0.2, -0.15) is 0 Å². The first-order valence-corrected chi connectivity index (χ1v) is 5.80. The number of hydrogen-bond donors (Lipinski definition) is 1. The van der Waals surface area contributed by atoms with E-state index in [0.717, 1.165) is 0 Å². The maximum atomic E-state index is 13.6. The van der Waals surface area contributed by atoms with Crippen molar-refractivity contribution in [1.82, 2.24) is 20.0 Å². The number of carboxylic acids is 1. The maximum Gasteiger partial charge on any atom is 0.358 e. The predicted molar refractivity (Wildman–Crippen MR) is 67.8 cm³/mol. The van der Waals surface area contributed by atoms with E-state index in [9.17, 15) is 9.18 Å². The number of pyridine rings is 1. The van der Waals surface area contributed by atoms with Crippen molar-refractivity contribution in [1.29, 1.82) is 0 Å². The number of aromatic carboxylic acids is 1. The summed E-state index contributed by atoms with van der Waals surface area (Å²) in [7, 11) is 0. The third-order valence-electron chi connectivity index (χ3n) is 2.84. The molecule has 0 saturated heterocycles. The molecule has 0 aliphatic heterocycles. The number of halogens is 1. The Morgan fingerprint density at radius 3 is 3.00 bits per heavy atom. The van der Waals surface area contributed by atoms with Crippen LogP contribution in [0.25, 0.3) is 10.9 Å². The first-order valence-electron chi connectivity index (χ1n) is 5.80. The van der Waals surface area contributed by atoms with Gasteiger partial charge in [0, 0.05) is 17.1 Å². The predicted octanol–water partition coefficient (Wildman–Crippen LogP) is 1.71. The average Bonchev–Trinajstić information content (AvgIpc) is 2.87. The average molecular weight is 272 g/mol. The topological polar surface area (TPSA) is 80.9 Å². The number of rotatable bonds is 3. The number of carbonyl (C=O) groups is 1. The summed E-state index contributed by atoms with van der Waals surface area (Å²) in [4.78, 5) is 15.0. The van der Waals surface area contributed by atoms with Crippen LogP contribution in [0.1, 0.15) is 16.1 Å². The van der Waals surface area contributed by atoms with E-state index < -0.39 is 5.97 Å². The molecule has 0 fully saturated rings. The van der Waals surface area contributed by atoms with Crippen molar-refractivity contribution in [3.05, 3.63) is 53.7 Å². The zero-order chi connectivity index (χ0) is 14.1. The van der Waals surface area contributed by atoms with E-state index in [1.165, 1.54) is 23.0 Å². The van der Waals surface area contributed by atoms with Crippen LogP contribution in [0.2, 0.25) is 0 Å². The first-order chi connectivity index (χ1) is 9.63. The van der Waals surface area contributed by atoms with Crippen LogP contribution in [-0.2, 0) is 6.54 Å². The molecule has 3 rings (SSSR count). The highest BCUT2D eigenvalue weighted by atomic mass is 19.1. The Kier molecular flexibility index (Phi) is 2.86. The van der Waals surface area contributed by atoms with Crippen LogP contribution in [-0.4, -0.2) is 31.1 Å². The zero-order valence-electron chi connectivity index (χ0n) is 10.2. The van der Waals surface area contributed by atoms with Gasteiger partial charge in [0.15, 0.2) is 5.69 Å². The Hall–Kier alpha value is -2.83. The Morgan fingerprint density at radius 1 is 1.40 bits per heavy atom. The summed E-state index contributed by atoms with van der Waals surface area (Å²) in [5.41, 5.74) is 1.11. The molecule has 20 heavy (non-hydrogen) atoms. The molecule has 0 spiro atoms. The van der Waals surface area contributed by atoms with Gasteiger partial charge in [0.05, 0.1) is 18.3 Å².